The van der Waals surface area contributed by atoms with Crippen LogP contribution in [0.1, 0.15) is 253 Å². The van der Waals surface area contributed by atoms with E-state index in [1.54, 1.807) is 0 Å². The minimum absolute atomic E-state index is 0.252. The van der Waals surface area contributed by atoms with Crippen molar-refractivity contribution in [3.05, 3.63) is 0 Å². The van der Waals surface area contributed by atoms with E-state index < -0.39 is 0 Å². The Balaban J connectivity index is 2.62. The van der Waals surface area contributed by atoms with E-state index in [0.29, 0.717) is 39.3 Å². The summed E-state index contributed by atoms with van der Waals surface area (Å²) in [6.45, 7) is 22.7. The summed E-state index contributed by atoms with van der Waals surface area (Å²) in [5.41, 5.74) is 0. The summed E-state index contributed by atoms with van der Waals surface area (Å²) in [6, 6.07) is 0. The van der Waals surface area contributed by atoms with Crippen molar-refractivity contribution in [1.29, 1.82) is 0 Å². The Morgan fingerprint density at radius 2 is 0.508 bits per heavy atom. The molecule has 1 aliphatic rings. The molecule has 0 aromatic rings. The van der Waals surface area contributed by atoms with Crippen LogP contribution in [-0.4, -0.2) is 121 Å². The number of amides is 2. The molecule has 0 bridgehead atoms. The summed E-state index contributed by atoms with van der Waals surface area (Å²) in [5, 5.41) is 0. The monoisotopic (exact) mass is 860 g/mol. The molecule has 0 N–H and O–H groups in total. The highest BCUT2D eigenvalue weighted by Crippen LogP contribution is 2.15. The fourth-order valence-electron chi connectivity index (χ4n) is 9.32. The first-order valence-corrected chi connectivity index (χ1v) is 27.7. The third-order valence-corrected chi connectivity index (χ3v) is 13.5. The molecule has 1 heterocycles. The molecular formula is C54H109N5O2. The molecule has 7 nitrogen and oxygen atoms in total. The molecule has 0 aromatic carbocycles. The smallest absolute Gasteiger partial charge is 0.236 e. The van der Waals surface area contributed by atoms with Crippen molar-refractivity contribution in [1.82, 2.24) is 24.5 Å². The van der Waals surface area contributed by atoms with Gasteiger partial charge in [0, 0.05) is 39.3 Å². The molecule has 2 amide bonds. The van der Waals surface area contributed by atoms with Crippen LogP contribution >= 0.6 is 0 Å². The average molecular weight is 860 g/mol. The number of rotatable bonds is 46. The van der Waals surface area contributed by atoms with Gasteiger partial charge in [-0.3, -0.25) is 19.4 Å². The standard InChI is InChI=1S/C54H109N5O2/c1-6-11-15-19-23-24-25-26-27-31-35-38-43-56(40-10-5)51-53(60)58-47-49-59(50-48-58)54(61)52-57(44-39-34-30-22-18-14-9-4)46-45-55(41-36-32-28-20-16-12-7-2)42-37-33-29-21-17-13-8-3/h6-52H2,1-5H3. The third kappa shape index (κ3) is 34.8. The van der Waals surface area contributed by atoms with E-state index in [0.717, 1.165) is 39.1 Å². The van der Waals surface area contributed by atoms with E-state index in [9.17, 15) is 9.59 Å². The molecule has 0 spiro atoms. The highest BCUT2D eigenvalue weighted by atomic mass is 16.2. The highest BCUT2D eigenvalue weighted by Gasteiger charge is 2.26. The lowest BCUT2D eigenvalue weighted by Gasteiger charge is -2.37. The Hall–Kier alpha value is -1.18. The SMILES string of the molecule is CCCCCCCCCCCCCCN(CCC)CC(=O)N1CCN(C(=O)CN(CCCCCCCCC)CCN(CCCCCCCCC)CCCCCCCCC)CC1. The van der Waals surface area contributed by atoms with Gasteiger partial charge in [0.25, 0.3) is 0 Å². The maximum atomic E-state index is 13.9. The number of piperazine rings is 1. The number of nitrogens with zero attached hydrogens (tertiary/aromatic N) is 5. The van der Waals surface area contributed by atoms with Crippen LogP contribution in [0.3, 0.4) is 0 Å². The fourth-order valence-corrected chi connectivity index (χ4v) is 9.32. The third-order valence-electron chi connectivity index (χ3n) is 13.5. The molecule has 7 heteroatoms. The maximum Gasteiger partial charge on any atom is 0.236 e. The van der Waals surface area contributed by atoms with Crippen LogP contribution in [0.2, 0.25) is 0 Å². The van der Waals surface area contributed by atoms with E-state index in [-0.39, 0.29) is 11.8 Å². The molecule has 0 aliphatic carbocycles. The molecule has 1 saturated heterocycles. The first-order chi connectivity index (χ1) is 30.0. The van der Waals surface area contributed by atoms with Crippen LogP contribution in [0.25, 0.3) is 0 Å². The second-order valence-electron chi connectivity index (χ2n) is 19.4. The van der Waals surface area contributed by atoms with Crippen molar-refractivity contribution in [2.45, 2.75) is 253 Å². The molecule has 1 rings (SSSR count). The Morgan fingerprint density at radius 3 is 0.787 bits per heavy atom. The maximum absolute atomic E-state index is 13.9. The predicted molar refractivity (Wildman–Crippen MR) is 268 cm³/mol. The summed E-state index contributed by atoms with van der Waals surface area (Å²) in [5.74, 6) is 0.516. The normalized spacial score (nSPS) is 13.4. The molecule has 1 fully saturated rings. The van der Waals surface area contributed by atoms with Crippen molar-refractivity contribution >= 4 is 11.8 Å². The van der Waals surface area contributed by atoms with Crippen LogP contribution in [0.15, 0.2) is 0 Å². The van der Waals surface area contributed by atoms with Gasteiger partial charge in [-0.25, -0.2) is 0 Å². The van der Waals surface area contributed by atoms with Gasteiger partial charge in [-0.15, -0.1) is 0 Å². The fraction of sp³-hybridized carbons (Fsp3) is 0.963. The number of hydrogen-bond acceptors (Lipinski definition) is 5. The first kappa shape index (κ1) is 57.8. The van der Waals surface area contributed by atoms with Gasteiger partial charge < -0.3 is 14.7 Å². The minimum atomic E-state index is 0.252. The predicted octanol–water partition coefficient (Wildman–Crippen LogP) is 13.9. The zero-order valence-electron chi connectivity index (χ0n) is 42.3. The second-order valence-corrected chi connectivity index (χ2v) is 19.4. The van der Waals surface area contributed by atoms with Crippen LogP contribution in [0.4, 0.5) is 0 Å². The second kappa shape index (κ2) is 44.0. The molecule has 0 aromatic heterocycles. The molecule has 1 aliphatic heterocycles. The molecule has 0 radical (unpaired) electrons. The summed E-state index contributed by atoms with van der Waals surface area (Å²) in [4.78, 5) is 39.1. The van der Waals surface area contributed by atoms with Crippen LogP contribution in [0.5, 0.6) is 0 Å². The van der Waals surface area contributed by atoms with Crippen LogP contribution in [0, 0.1) is 0 Å². The zero-order chi connectivity index (χ0) is 44.3. The summed E-state index contributed by atoms with van der Waals surface area (Å²) in [7, 11) is 0. The van der Waals surface area contributed by atoms with Crippen LogP contribution in [-0.2, 0) is 9.59 Å². The Morgan fingerprint density at radius 1 is 0.279 bits per heavy atom. The molecule has 61 heavy (non-hydrogen) atoms. The number of hydrogen-bond donors (Lipinski definition) is 0. The quantitative estimate of drug-likeness (QED) is 0.0571. The van der Waals surface area contributed by atoms with Crippen molar-refractivity contribution in [2.24, 2.45) is 0 Å². The van der Waals surface area contributed by atoms with Crippen LogP contribution < -0.4 is 0 Å². The summed E-state index contributed by atoms with van der Waals surface area (Å²) < 4.78 is 0. The Labute approximate surface area is 382 Å². The van der Waals surface area contributed by atoms with Gasteiger partial charge in [0.15, 0.2) is 0 Å². The van der Waals surface area contributed by atoms with Gasteiger partial charge >= 0.3 is 0 Å². The van der Waals surface area contributed by atoms with E-state index in [1.807, 2.05) is 4.90 Å². The molecular weight excluding hydrogens is 751 g/mol. The van der Waals surface area contributed by atoms with Gasteiger partial charge in [0.1, 0.15) is 0 Å². The summed E-state index contributed by atoms with van der Waals surface area (Å²) >= 11 is 0. The highest BCUT2D eigenvalue weighted by molar-refractivity contribution is 5.80. The molecule has 0 saturated carbocycles. The lowest BCUT2D eigenvalue weighted by Crippen LogP contribution is -2.54. The average Bonchev–Trinajstić information content (AvgIpc) is 3.27. The van der Waals surface area contributed by atoms with E-state index in [4.69, 9.17) is 0 Å². The first-order valence-electron chi connectivity index (χ1n) is 27.7. The van der Waals surface area contributed by atoms with Gasteiger partial charge in [0.2, 0.25) is 11.8 Å². The van der Waals surface area contributed by atoms with Crippen molar-refractivity contribution in [3.63, 3.8) is 0 Å². The zero-order valence-corrected chi connectivity index (χ0v) is 42.3. The molecule has 362 valence electrons. The number of carbonyl (C=O) groups is 2. The van der Waals surface area contributed by atoms with Gasteiger partial charge in [0.05, 0.1) is 13.1 Å². The van der Waals surface area contributed by atoms with Crippen molar-refractivity contribution in [2.75, 3.05) is 85.1 Å². The topological polar surface area (TPSA) is 50.3 Å². The van der Waals surface area contributed by atoms with Crippen molar-refractivity contribution < 1.29 is 9.59 Å². The van der Waals surface area contributed by atoms with Gasteiger partial charge in [-0.2, -0.15) is 0 Å². The van der Waals surface area contributed by atoms with E-state index in [1.165, 1.54) is 225 Å². The lowest BCUT2D eigenvalue weighted by atomic mass is 10.1. The van der Waals surface area contributed by atoms with Gasteiger partial charge in [-0.1, -0.05) is 221 Å². The Kier molecular flexibility index (Phi) is 41.8. The lowest BCUT2D eigenvalue weighted by molar-refractivity contribution is -0.140. The molecule has 0 atom stereocenters. The Bertz CT molecular complexity index is 922. The molecule has 0 unspecified atom stereocenters. The van der Waals surface area contributed by atoms with Crippen molar-refractivity contribution in [3.8, 4) is 0 Å². The largest absolute Gasteiger partial charge is 0.338 e. The number of carbonyl (C=O) groups excluding carboxylic acids is 2. The number of unbranched alkanes of at least 4 members (excludes halogenated alkanes) is 29. The van der Waals surface area contributed by atoms with E-state index in [2.05, 4.69) is 54.2 Å². The summed E-state index contributed by atoms with van der Waals surface area (Å²) in [6.07, 6.45) is 45.5. The minimum Gasteiger partial charge on any atom is -0.338 e. The van der Waals surface area contributed by atoms with Gasteiger partial charge in [-0.05, 0) is 64.8 Å². The van der Waals surface area contributed by atoms with E-state index >= 15 is 0 Å².